The van der Waals surface area contributed by atoms with E-state index in [1.165, 1.54) is 7.11 Å². The fourth-order valence-electron chi connectivity index (χ4n) is 0.911. The highest BCUT2D eigenvalue weighted by atomic mass is 16.6. The summed E-state index contributed by atoms with van der Waals surface area (Å²) in [7, 11) is 1.46. The van der Waals surface area contributed by atoms with Crippen molar-refractivity contribution in [3.05, 3.63) is 0 Å². The molecule has 0 amide bonds. The summed E-state index contributed by atoms with van der Waals surface area (Å²) in [6, 6.07) is -0.829. The topological polar surface area (TPSA) is 87.6 Å². The van der Waals surface area contributed by atoms with Gasteiger partial charge in [0.05, 0.1) is 6.10 Å². The van der Waals surface area contributed by atoms with Gasteiger partial charge in [-0.05, 0) is 20.8 Å². The number of methoxy groups -OCH3 is 1. The lowest BCUT2D eigenvalue weighted by Gasteiger charge is -2.25. The highest BCUT2D eigenvalue weighted by Gasteiger charge is 2.28. The van der Waals surface area contributed by atoms with Crippen LogP contribution in [0.1, 0.15) is 20.8 Å². The maximum Gasteiger partial charge on any atom is 0.326 e. The van der Waals surface area contributed by atoms with E-state index in [1.807, 2.05) is 0 Å². The number of esters is 1. The quantitative estimate of drug-likeness (QED) is 0.610. The molecule has 0 spiro atoms. The predicted octanol–water partition coefficient (Wildman–Crippen LogP) is -0.371. The molecule has 5 heteroatoms. The molecule has 0 aromatic rings. The number of rotatable bonds is 4. The third-order valence-electron chi connectivity index (χ3n) is 1.61. The van der Waals surface area contributed by atoms with Gasteiger partial charge in [0.2, 0.25) is 0 Å². The lowest BCUT2D eigenvalue weighted by atomic mass is 10.1. The van der Waals surface area contributed by atoms with Crippen LogP contribution in [0, 0.1) is 0 Å². The monoisotopic (exact) mass is 204 g/mol. The Hall–Kier alpha value is -0.650. The maximum absolute atomic E-state index is 11.4. The van der Waals surface area contributed by atoms with Crippen molar-refractivity contribution in [2.24, 2.45) is 11.5 Å². The Morgan fingerprint density at radius 2 is 1.93 bits per heavy atom. The molecule has 0 heterocycles. The highest BCUT2D eigenvalue weighted by molar-refractivity contribution is 5.76. The van der Waals surface area contributed by atoms with Crippen LogP contribution in [0.5, 0.6) is 0 Å². The summed E-state index contributed by atoms with van der Waals surface area (Å²) in [6.07, 6.45) is -0.496. The second-order valence-electron chi connectivity index (χ2n) is 4.07. The second kappa shape index (κ2) is 5.29. The molecule has 0 rings (SSSR count). The number of carbonyl (C=O) groups is 1. The molecular formula is C9H20N2O3. The van der Waals surface area contributed by atoms with Gasteiger partial charge in [-0.3, -0.25) is 4.79 Å². The van der Waals surface area contributed by atoms with Gasteiger partial charge in [0.25, 0.3) is 0 Å². The first-order chi connectivity index (χ1) is 6.31. The van der Waals surface area contributed by atoms with Gasteiger partial charge in [0, 0.05) is 13.7 Å². The van der Waals surface area contributed by atoms with Gasteiger partial charge in [-0.15, -0.1) is 0 Å². The van der Waals surface area contributed by atoms with Gasteiger partial charge >= 0.3 is 5.97 Å². The molecule has 0 aromatic carbocycles. The third kappa shape index (κ3) is 4.55. The molecular weight excluding hydrogens is 184 g/mol. The molecule has 2 atom stereocenters. The van der Waals surface area contributed by atoms with E-state index in [2.05, 4.69) is 0 Å². The Morgan fingerprint density at radius 3 is 2.21 bits per heavy atom. The molecule has 0 radical (unpaired) electrons. The summed E-state index contributed by atoms with van der Waals surface area (Å²) in [4.78, 5) is 11.4. The first kappa shape index (κ1) is 13.4. The molecule has 0 aliphatic heterocycles. The number of hydrogen-bond acceptors (Lipinski definition) is 5. The fourth-order valence-corrected chi connectivity index (χ4v) is 0.911. The minimum absolute atomic E-state index is 0.191. The van der Waals surface area contributed by atoms with E-state index in [1.54, 1.807) is 20.8 Å². The summed E-state index contributed by atoms with van der Waals surface area (Å²) in [6.45, 7) is 5.53. The molecule has 0 fully saturated rings. The van der Waals surface area contributed by atoms with Gasteiger partial charge in [-0.2, -0.15) is 0 Å². The van der Waals surface area contributed by atoms with E-state index in [0.29, 0.717) is 0 Å². The van der Waals surface area contributed by atoms with Gasteiger partial charge in [0.15, 0.2) is 0 Å². The zero-order chi connectivity index (χ0) is 11.4. The maximum atomic E-state index is 11.4. The second-order valence-corrected chi connectivity index (χ2v) is 4.07. The molecule has 0 saturated heterocycles. The molecule has 0 bridgehead atoms. The number of hydrogen-bond donors (Lipinski definition) is 2. The third-order valence-corrected chi connectivity index (χ3v) is 1.61. The van der Waals surface area contributed by atoms with Crippen LogP contribution in [0.3, 0.4) is 0 Å². The number of ether oxygens (including phenoxy) is 2. The van der Waals surface area contributed by atoms with Crippen molar-refractivity contribution in [1.82, 2.24) is 0 Å². The van der Waals surface area contributed by atoms with E-state index >= 15 is 0 Å². The van der Waals surface area contributed by atoms with Crippen molar-refractivity contribution in [2.45, 2.75) is 38.5 Å². The van der Waals surface area contributed by atoms with Crippen LogP contribution in [0.15, 0.2) is 0 Å². The van der Waals surface area contributed by atoms with Crippen LogP contribution in [-0.2, 0) is 14.3 Å². The zero-order valence-corrected chi connectivity index (χ0v) is 9.24. The molecule has 0 aromatic heterocycles. The molecule has 0 aliphatic rings. The van der Waals surface area contributed by atoms with Crippen LogP contribution >= 0.6 is 0 Å². The summed E-state index contributed by atoms with van der Waals surface area (Å²) >= 11 is 0. The first-order valence-electron chi connectivity index (χ1n) is 4.53. The van der Waals surface area contributed by atoms with Crippen LogP contribution in [-0.4, -0.2) is 37.4 Å². The summed E-state index contributed by atoms with van der Waals surface area (Å²) in [5.74, 6) is -0.491. The van der Waals surface area contributed by atoms with Gasteiger partial charge in [-0.1, -0.05) is 0 Å². The van der Waals surface area contributed by atoms with Crippen molar-refractivity contribution < 1.29 is 14.3 Å². The fraction of sp³-hybridized carbons (Fsp3) is 0.889. The van der Waals surface area contributed by atoms with Gasteiger partial charge < -0.3 is 20.9 Å². The van der Waals surface area contributed by atoms with Crippen molar-refractivity contribution in [3.8, 4) is 0 Å². The minimum atomic E-state index is -0.829. The molecule has 2 unspecified atom stereocenters. The Morgan fingerprint density at radius 1 is 1.43 bits per heavy atom. The van der Waals surface area contributed by atoms with Crippen LogP contribution in [0.4, 0.5) is 0 Å². The smallest absolute Gasteiger partial charge is 0.326 e. The number of nitrogens with two attached hydrogens (primary N) is 2. The normalized spacial score (nSPS) is 16.1. The van der Waals surface area contributed by atoms with Gasteiger partial charge in [-0.25, -0.2) is 0 Å². The Bertz CT molecular complexity index is 185. The van der Waals surface area contributed by atoms with Crippen LogP contribution in [0.2, 0.25) is 0 Å². The largest absolute Gasteiger partial charge is 0.459 e. The summed E-state index contributed by atoms with van der Waals surface area (Å²) in [5, 5.41) is 0. The molecule has 0 saturated carbocycles. The van der Waals surface area contributed by atoms with E-state index in [9.17, 15) is 4.79 Å². The Balaban J connectivity index is 4.24. The van der Waals surface area contributed by atoms with Crippen molar-refractivity contribution in [3.63, 3.8) is 0 Å². The summed E-state index contributed by atoms with van der Waals surface area (Å²) < 4.78 is 10.0. The summed E-state index contributed by atoms with van der Waals surface area (Å²) in [5.41, 5.74) is 10.4. The Labute approximate surface area is 84.7 Å². The lowest BCUT2D eigenvalue weighted by Crippen LogP contribution is -2.49. The average molecular weight is 204 g/mol. The minimum Gasteiger partial charge on any atom is -0.459 e. The van der Waals surface area contributed by atoms with Crippen molar-refractivity contribution in [1.29, 1.82) is 0 Å². The molecule has 84 valence electrons. The molecule has 14 heavy (non-hydrogen) atoms. The van der Waals surface area contributed by atoms with E-state index in [4.69, 9.17) is 20.9 Å². The molecule has 0 aliphatic carbocycles. The predicted molar refractivity (Wildman–Crippen MR) is 53.7 cm³/mol. The van der Waals surface area contributed by atoms with Crippen LogP contribution in [0.25, 0.3) is 0 Å². The average Bonchev–Trinajstić information content (AvgIpc) is 2.03. The Kier molecular flexibility index (Phi) is 5.04. The molecule has 4 N–H and O–H groups in total. The van der Waals surface area contributed by atoms with E-state index in [0.717, 1.165) is 0 Å². The highest BCUT2D eigenvalue weighted by Crippen LogP contribution is 2.09. The lowest BCUT2D eigenvalue weighted by molar-refractivity contribution is -0.159. The van der Waals surface area contributed by atoms with E-state index < -0.39 is 23.7 Å². The van der Waals surface area contributed by atoms with Crippen molar-refractivity contribution in [2.75, 3.05) is 13.7 Å². The first-order valence-corrected chi connectivity index (χ1v) is 4.53. The molecule has 5 nitrogen and oxygen atoms in total. The number of carbonyl (C=O) groups excluding carboxylic acids is 1. The van der Waals surface area contributed by atoms with Gasteiger partial charge in [0.1, 0.15) is 11.6 Å². The standard InChI is InChI=1S/C9H20N2O3/c1-9(2,3)14-8(12)7(11)6(5-10)13-4/h6-7H,5,10-11H2,1-4H3. The van der Waals surface area contributed by atoms with Crippen LogP contribution < -0.4 is 11.5 Å². The van der Waals surface area contributed by atoms with E-state index in [-0.39, 0.29) is 6.54 Å². The van der Waals surface area contributed by atoms with Crippen molar-refractivity contribution >= 4 is 5.97 Å². The SMILES string of the molecule is COC(CN)C(N)C(=O)OC(C)(C)C. The zero-order valence-electron chi connectivity index (χ0n) is 9.24.